The third-order valence-corrected chi connectivity index (χ3v) is 4.81. The number of sulfonamides is 1. The number of nitro benzene ring substituents is 1. The minimum atomic E-state index is -3.71. The summed E-state index contributed by atoms with van der Waals surface area (Å²) < 4.78 is 25.2. The fourth-order valence-corrected chi connectivity index (χ4v) is 3.54. The highest BCUT2D eigenvalue weighted by Gasteiger charge is 2.28. The van der Waals surface area contributed by atoms with Crippen LogP contribution in [0.3, 0.4) is 0 Å². The average Bonchev–Trinajstić information content (AvgIpc) is 2.61. The summed E-state index contributed by atoms with van der Waals surface area (Å²) in [5.74, 6) is -0.647. The predicted molar refractivity (Wildman–Crippen MR) is 102 cm³/mol. The van der Waals surface area contributed by atoms with Crippen molar-refractivity contribution in [1.29, 1.82) is 0 Å². The monoisotopic (exact) mass is 390 g/mol. The Hall–Kier alpha value is -3.27. The van der Waals surface area contributed by atoms with Crippen LogP contribution >= 0.6 is 0 Å². The van der Waals surface area contributed by atoms with Gasteiger partial charge >= 0.3 is 0 Å². The number of carbonyl (C=O) groups is 1. The quantitative estimate of drug-likeness (QED) is 0.439. The van der Waals surface area contributed by atoms with Gasteiger partial charge in [0, 0.05) is 17.7 Å². The number of nitrogens with zero attached hydrogens (tertiary/aromatic N) is 3. The molecule has 0 aromatic heterocycles. The zero-order valence-electron chi connectivity index (χ0n) is 14.6. The van der Waals surface area contributed by atoms with Gasteiger partial charge in [-0.2, -0.15) is 5.10 Å². The summed E-state index contributed by atoms with van der Waals surface area (Å²) in [6, 6.07) is 12.9. The summed E-state index contributed by atoms with van der Waals surface area (Å²) in [6.07, 6.45) is 2.25. The number of hydrazone groups is 1. The highest BCUT2D eigenvalue weighted by Crippen LogP contribution is 2.20. The normalized spacial score (nSPS) is 12.5. The van der Waals surface area contributed by atoms with E-state index in [0.717, 1.165) is 10.6 Å². The molecular formula is C17H18N4O5S. The van der Waals surface area contributed by atoms with Crippen LogP contribution in [0.5, 0.6) is 0 Å². The topological polar surface area (TPSA) is 122 Å². The fourth-order valence-electron chi connectivity index (χ4n) is 2.37. The molecule has 1 amide bonds. The molecule has 0 aliphatic rings. The van der Waals surface area contributed by atoms with Crippen molar-refractivity contribution in [2.45, 2.75) is 13.0 Å². The maximum absolute atomic E-state index is 12.3. The molecule has 10 heteroatoms. The number of hydrogen-bond acceptors (Lipinski definition) is 6. The third-order valence-electron chi connectivity index (χ3n) is 3.57. The molecule has 0 unspecified atom stereocenters. The van der Waals surface area contributed by atoms with Crippen molar-refractivity contribution in [3.8, 4) is 0 Å². The molecule has 1 N–H and O–H groups in total. The van der Waals surface area contributed by atoms with Crippen molar-refractivity contribution < 1.29 is 18.1 Å². The van der Waals surface area contributed by atoms with Crippen LogP contribution in [0.25, 0.3) is 0 Å². The zero-order valence-corrected chi connectivity index (χ0v) is 15.5. The van der Waals surface area contributed by atoms with E-state index in [1.54, 1.807) is 36.4 Å². The second-order valence-corrected chi connectivity index (χ2v) is 7.52. The van der Waals surface area contributed by atoms with Crippen LogP contribution in [0.4, 0.5) is 11.4 Å². The molecule has 0 saturated carbocycles. The van der Waals surface area contributed by atoms with Crippen molar-refractivity contribution in [2.75, 3.05) is 10.6 Å². The van der Waals surface area contributed by atoms with E-state index >= 15 is 0 Å². The summed E-state index contributed by atoms with van der Waals surface area (Å²) in [5, 5.41) is 14.5. The van der Waals surface area contributed by atoms with Crippen LogP contribution < -0.4 is 9.73 Å². The van der Waals surface area contributed by atoms with Crippen molar-refractivity contribution in [2.24, 2.45) is 5.10 Å². The average molecular weight is 390 g/mol. The van der Waals surface area contributed by atoms with E-state index in [9.17, 15) is 23.3 Å². The highest BCUT2D eigenvalue weighted by molar-refractivity contribution is 7.92. The summed E-state index contributed by atoms with van der Waals surface area (Å²) in [5.41, 5.74) is 2.92. The van der Waals surface area contributed by atoms with Gasteiger partial charge in [0.05, 0.1) is 23.1 Å². The van der Waals surface area contributed by atoms with Crippen molar-refractivity contribution in [1.82, 2.24) is 5.43 Å². The van der Waals surface area contributed by atoms with E-state index in [2.05, 4.69) is 10.5 Å². The summed E-state index contributed by atoms with van der Waals surface area (Å²) in [6.45, 7) is 1.44. The lowest BCUT2D eigenvalue weighted by Crippen LogP contribution is -2.46. The van der Waals surface area contributed by atoms with E-state index in [-0.39, 0.29) is 5.69 Å². The van der Waals surface area contributed by atoms with Crippen LogP contribution in [-0.4, -0.2) is 37.8 Å². The molecule has 142 valence electrons. The number of non-ortho nitro benzene ring substituents is 1. The van der Waals surface area contributed by atoms with Gasteiger partial charge in [0.2, 0.25) is 10.0 Å². The lowest BCUT2D eigenvalue weighted by atomic mass is 10.2. The molecule has 0 aliphatic heterocycles. The third kappa shape index (κ3) is 5.35. The first-order valence-corrected chi connectivity index (χ1v) is 9.67. The number of anilines is 1. The number of nitro groups is 1. The molecule has 0 bridgehead atoms. The smallest absolute Gasteiger partial charge is 0.270 e. The van der Waals surface area contributed by atoms with E-state index in [4.69, 9.17) is 0 Å². The Morgan fingerprint density at radius 3 is 2.48 bits per heavy atom. The van der Waals surface area contributed by atoms with E-state index in [0.29, 0.717) is 11.3 Å². The Labute approximate surface area is 156 Å². The van der Waals surface area contributed by atoms with Gasteiger partial charge in [0.15, 0.2) is 0 Å². The molecule has 27 heavy (non-hydrogen) atoms. The zero-order chi connectivity index (χ0) is 20.0. The number of benzene rings is 2. The standard InChI is InChI=1S/C17H18N4O5S/c1-13(20(27(2,25)26)15-8-4-3-5-9-15)17(22)19-18-12-14-7-6-10-16(11-14)21(23)24/h3-13H,1-2H3,(H,19,22)/b18-12-/t13-/m1/s1. The largest absolute Gasteiger partial charge is 0.271 e. The number of carbonyl (C=O) groups excluding carboxylic acids is 1. The van der Waals surface area contributed by atoms with Crippen LogP contribution in [0, 0.1) is 10.1 Å². The van der Waals surface area contributed by atoms with Gasteiger partial charge in [-0.25, -0.2) is 13.8 Å². The molecule has 0 fully saturated rings. The number of hydrogen-bond donors (Lipinski definition) is 1. The minimum Gasteiger partial charge on any atom is -0.271 e. The summed E-state index contributed by atoms with van der Waals surface area (Å²) >= 11 is 0. The van der Waals surface area contributed by atoms with Crippen LogP contribution in [0.2, 0.25) is 0 Å². The van der Waals surface area contributed by atoms with Crippen molar-refractivity contribution in [3.05, 3.63) is 70.3 Å². The summed E-state index contributed by atoms with van der Waals surface area (Å²) in [7, 11) is -3.71. The molecule has 0 aliphatic carbocycles. The van der Waals surface area contributed by atoms with Gasteiger partial charge in [-0.15, -0.1) is 0 Å². The number of rotatable bonds is 7. The van der Waals surface area contributed by atoms with Gasteiger partial charge in [0.1, 0.15) is 6.04 Å². The Balaban J connectivity index is 2.14. The van der Waals surface area contributed by atoms with Gasteiger partial charge in [-0.3, -0.25) is 19.2 Å². The first-order chi connectivity index (χ1) is 12.7. The number of para-hydroxylation sites is 1. The maximum Gasteiger partial charge on any atom is 0.270 e. The van der Waals surface area contributed by atoms with Crippen LogP contribution in [0.15, 0.2) is 59.7 Å². The van der Waals surface area contributed by atoms with Gasteiger partial charge in [-0.1, -0.05) is 30.3 Å². The molecule has 2 aromatic rings. The molecule has 0 heterocycles. The summed E-state index contributed by atoms with van der Waals surface area (Å²) in [4.78, 5) is 22.5. The molecule has 1 atom stereocenters. The minimum absolute atomic E-state index is 0.106. The number of nitrogens with one attached hydrogen (secondary N) is 1. The molecule has 0 saturated heterocycles. The first kappa shape index (κ1) is 20.0. The first-order valence-electron chi connectivity index (χ1n) is 7.82. The predicted octanol–water partition coefficient (Wildman–Crippen LogP) is 1.90. The lowest BCUT2D eigenvalue weighted by molar-refractivity contribution is -0.384. The van der Waals surface area contributed by atoms with E-state index in [1.807, 2.05) is 0 Å². The van der Waals surface area contributed by atoms with Crippen molar-refractivity contribution in [3.63, 3.8) is 0 Å². The van der Waals surface area contributed by atoms with Crippen LogP contribution in [0.1, 0.15) is 12.5 Å². The maximum atomic E-state index is 12.3. The SMILES string of the molecule is C[C@H](C(=O)N/N=C\c1cccc([N+](=O)[O-])c1)N(c1ccccc1)S(C)(=O)=O. The second-order valence-electron chi connectivity index (χ2n) is 5.66. The number of amides is 1. The van der Waals surface area contributed by atoms with E-state index < -0.39 is 26.9 Å². The van der Waals surface area contributed by atoms with Gasteiger partial charge in [-0.05, 0) is 19.1 Å². The Kier molecular flexibility index (Phi) is 6.24. The van der Waals surface area contributed by atoms with Crippen LogP contribution in [-0.2, 0) is 14.8 Å². The molecule has 9 nitrogen and oxygen atoms in total. The Bertz CT molecular complexity index is 960. The highest BCUT2D eigenvalue weighted by atomic mass is 32.2. The molecule has 0 radical (unpaired) electrons. The van der Waals surface area contributed by atoms with Gasteiger partial charge in [0.25, 0.3) is 11.6 Å². The molecular weight excluding hydrogens is 372 g/mol. The van der Waals surface area contributed by atoms with Gasteiger partial charge < -0.3 is 0 Å². The van der Waals surface area contributed by atoms with E-state index in [1.165, 1.54) is 31.3 Å². The second kappa shape index (κ2) is 8.41. The molecule has 2 rings (SSSR count). The Morgan fingerprint density at radius 2 is 1.89 bits per heavy atom. The lowest BCUT2D eigenvalue weighted by Gasteiger charge is -2.27. The fraction of sp³-hybridized carbons (Fsp3) is 0.176. The molecule has 0 spiro atoms. The van der Waals surface area contributed by atoms with Crippen molar-refractivity contribution >= 4 is 33.5 Å². The Morgan fingerprint density at radius 1 is 1.22 bits per heavy atom. The molecule has 2 aromatic carbocycles.